The molecule has 1 heterocycles. The number of ether oxygens (including phenoxy) is 1. The molecule has 1 aliphatic carbocycles. The molecule has 15 heavy (non-hydrogen) atoms. The molecule has 0 amide bonds. The minimum absolute atomic E-state index is 0.556. The number of rotatable bonds is 5. The number of aromatic nitrogens is 2. The Morgan fingerprint density at radius 1 is 1.47 bits per heavy atom. The Kier molecular flexibility index (Phi) is 3.16. The van der Waals surface area contributed by atoms with Gasteiger partial charge in [0.1, 0.15) is 11.6 Å². The van der Waals surface area contributed by atoms with E-state index in [2.05, 4.69) is 22.2 Å². The summed E-state index contributed by atoms with van der Waals surface area (Å²) in [6.45, 7) is 3.50. The molecule has 0 unspecified atom stereocenters. The van der Waals surface area contributed by atoms with Crippen LogP contribution in [-0.4, -0.2) is 23.6 Å². The molecule has 0 saturated heterocycles. The molecule has 1 aromatic rings. The number of nitrogens with one attached hydrogen (secondary N) is 1. The molecule has 4 nitrogen and oxygen atoms in total. The second-order valence-electron chi connectivity index (χ2n) is 3.84. The average molecular weight is 207 g/mol. The Hall–Kier alpha value is -1.16. The fraction of sp³-hybridized carbons (Fsp3) is 0.636. The fourth-order valence-corrected chi connectivity index (χ4v) is 1.54. The highest BCUT2D eigenvalue weighted by Crippen LogP contribution is 2.38. The van der Waals surface area contributed by atoms with E-state index in [1.165, 1.54) is 12.8 Å². The van der Waals surface area contributed by atoms with Gasteiger partial charge in [0.2, 0.25) is 0 Å². The van der Waals surface area contributed by atoms with Crippen LogP contribution in [0.3, 0.4) is 0 Å². The number of methoxy groups -OCH3 is 1. The van der Waals surface area contributed by atoms with E-state index in [1.807, 2.05) is 6.07 Å². The number of nitrogens with zero attached hydrogens (tertiary/aromatic N) is 2. The quantitative estimate of drug-likeness (QED) is 0.801. The number of hydrogen-bond donors (Lipinski definition) is 1. The van der Waals surface area contributed by atoms with Gasteiger partial charge in [-0.25, -0.2) is 9.97 Å². The van der Waals surface area contributed by atoms with Crippen LogP contribution in [0.1, 0.15) is 37.2 Å². The first-order valence-corrected chi connectivity index (χ1v) is 5.44. The van der Waals surface area contributed by atoms with Gasteiger partial charge in [-0.2, -0.15) is 0 Å². The summed E-state index contributed by atoms with van der Waals surface area (Å²) in [7, 11) is 1.69. The van der Waals surface area contributed by atoms with Gasteiger partial charge in [-0.05, 0) is 19.8 Å². The van der Waals surface area contributed by atoms with Crippen molar-refractivity contribution in [2.45, 2.75) is 32.3 Å². The van der Waals surface area contributed by atoms with Gasteiger partial charge < -0.3 is 10.1 Å². The maximum atomic E-state index is 5.10. The van der Waals surface area contributed by atoms with Crippen molar-refractivity contribution >= 4 is 5.82 Å². The summed E-state index contributed by atoms with van der Waals surface area (Å²) < 4.78 is 5.10. The molecule has 1 aromatic heterocycles. The smallest absolute Gasteiger partial charge is 0.134 e. The van der Waals surface area contributed by atoms with Crippen molar-refractivity contribution in [1.82, 2.24) is 9.97 Å². The van der Waals surface area contributed by atoms with Crippen LogP contribution in [0.25, 0.3) is 0 Å². The summed E-state index contributed by atoms with van der Waals surface area (Å²) in [5.74, 6) is 2.47. The summed E-state index contributed by atoms with van der Waals surface area (Å²) in [5.41, 5.74) is 0.963. The van der Waals surface area contributed by atoms with E-state index in [1.54, 1.807) is 7.11 Å². The van der Waals surface area contributed by atoms with Crippen LogP contribution < -0.4 is 5.32 Å². The molecule has 0 bridgehead atoms. The molecule has 1 fully saturated rings. The van der Waals surface area contributed by atoms with Crippen molar-refractivity contribution in [3.63, 3.8) is 0 Å². The van der Waals surface area contributed by atoms with Crippen LogP contribution in [0, 0.1) is 0 Å². The normalized spacial score (nSPS) is 15.3. The zero-order valence-electron chi connectivity index (χ0n) is 9.29. The highest BCUT2D eigenvalue weighted by Gasteiger charge is 2.27. The van der Waals surface area contributed by atoms with Gasteiger partial charge in [-0.3, -0.25) is 0 Å². The minimum atomic E-state index is 0.556. The minimum Gasteiger partial charge on any atom is -0.378 e. The molecular weight excluding hydrogens is 190 g/mol. The zero-order chi connectivity index (χ0) is 10.7. The first kappa shape index (κ1) is 10.4. The Morgan fingerprint density at radius 2 is 2.27 bits per heavy atom. The first-order valence-electron chi connectivity index (χ1n) is 5.44. The molecule has 4 heteroatoms. The Morgan fingerprint density at radius 3 is 2.87 bits per heavy atom. The largest absolute Gasteiger partial charge is 0.378 e. The third kappa shape index (κ3) is 2.65. The SMILES string of the molecule is CCNc1cc(COC)nc(C2CC2)n1. The van der Waals surface area contributed by atoms with Gasteiger partial charge in [0.25, 0.3) is 0 Å². The maximum Gasteiger partial charge on any atom is 0.134 e. The predicted molar refractivity (Wildman–Crippen MR) is 58.9 cm³/mol. The summed E-state index contributed by atoms with van der Waals surface area (Å²) in [6, 6.07) is 1.96. The highest BCUT2D eigenvalue weighted by molar-refractivity contribution is 5.36. The van der Waals surface area contributed by atoms with Crippen LogP contribution in [0.5, 0.6) is 0 Å². The molecule has 0 radical (unpaired) electrons. The van der Waals surface area contributed by atoms with Crippen molar-refractivity contribution in [2.24, 2.45) is 0 Å². The van der Waals surface area contributed by atoms with Gasteiger partial charge in [0.15, 0.2) is 0 Å². The molecule has 1 N–H and O–H groups in total. The van der Waals surface area contributed by atoms with E-state index in [9.17, 15) is 0 Å². The Balaban J connectivity index is 2.21. The summed E-state index contributed by atoms with van der Waals surface area (Å²) in [4.78, 5) is 8.98. The second-order valence-corrected chi connectivity index (χ2v) is 3.84. The number of anilines is 1. The molecule has 0 atom stereocenters. The van der Waals surface area contributed by atoms with Crippen molar-refractivity contribution in [3.8, 4) is 0 Å². The lowest BCUT2D eigenvalue weighted by Crippen LogP contribution is -2.06. The standard InChI is InChI=1S/C11H17N3O/c1-3-12-10-6-9(7-15-2)13-11(14-10)8-4-5-8/h6,8H,3-5,7H2,1-2H3,(H,12,13,14). The van der Waals surface area contributed by atoms with Gasteiger partial charge in [0, 0.05) is 25.6 Å². The monoisotopic (exact) mass is 207 g/mol. The molecule has 0 spiro atoms. The van der Waals surface area contributed by atoms with Crippen LogP contribution in [0.2, 0.25) is 0 Å². The topological polar surface area (TPSA) is 47.0 Å². The molecule has 2 rings (SSSR count). The van der Waals surface area contributed by atoms with E-state index >= 15 is 0 Å². The molecule has 82 valence electrons. The molecule has 0 aromatic carbocycles. The molecular formula is C11H17N3O. The molecule has 1 saturated carbocycles. The lowest BCUT2D eigenvalue weighted by molar-refractivity contribution is 0.181. The predicted octanol–water partition coefficient (Wildman–Crippen LogP) is 1.93. The summed E-state index contributed by atoms with van der Waals surface area (Å²) in [5, 5.41) is 3.22. The van der Waals surface area contributed by atoms with E-state index in [-0.39, 0.29) is 0 Å². The lowest BCUT2D eigenvalue weighted by Gasteiger charge is -2.07. The van der Waals surface area contributed by atoms with E-state index in [0.29, 0.717) is 12.5 Å². The third-order valence-electron chi connectivity index (χ3n) is 2.39. The summed E-state index contributed by atoms with van der Waals surface area (Å²) >= 11 is 0. The fourth-order valence-electron chi connectivity index (χ4n) is 1.54. The molecule has 1 aliphatic rings. The van der Waals surface area contributed by atoms with Crippen LogP contribution >= 0.6 is 0 Å². The van der Waals surface area contributed by atoms with Gasteiger partial charge in [0.05, 0.1) is 12.3 Å². The van der Waals surface area contributed by atoms with Gasteiger partial charge in [-0.15, -0.1) is 0 Å². The third-order valence-corrected chi connectivity index (χ3v) is 2.39. The lowest BCUT2D eigenvalue weighted by atomic mass is 10.3. The van der Waals surface area contributed by atoms with E-state index in [4.69, 9.17) is 4.74 Å². The van der Waals surface area contributed by atoms with Crippen LogP contribution in [0.4, 0.5) is 5.82 Å². The number of hydrogen-bond acceptors (Lipinski definition) is 4. The van der Waals surface area contributed by atoms with Gasteiger partial charge >= 0.3 is 0 Å². The highest BCUT2D eigenvalue weighted by atomic mass is 16.5. The van der Waals surface area contributed by atoms with Crippen molar-refractivity contribution in [2.75, 3.05) is 19.0 Å². The maximum absolute atomic E-state index is 5.10. The van der Waals surface area contributed by atoms with Crippen LogP contribution in [-0.2, 0) is 11.3 Å². The van der Waals surface area contributed by atoms with E-state index in [0.717, 1.165) is 23.9 Å². The van der Waals surface area contributed by atoms with Gasteiger partial charge in [-0.1, -0.05) is 0 Å². The Bertz CT molecular complexity index is 312. The average Bonchev–Trinajstić information content (AvgIpc) is 3.01. The summed E-state index contributed by atoms with van der Waals surface area (Å²) in [6.07, 6.45) is 2.45. The first-order chi connectivity index (χ1) is 7.33. The van der Waals surface area contributed by atoms with Crippen molar-refractivity contribution in [1.29, 1.82) is 0 Å². The van der Waals surface area contributed by atoms with E-state index < -0.39 is 0 Å². The second kappa shape index (κ2) is 4.57. The molecule has 0 aliphatic heterocycles. The Labute approximate surface area is 90.1 Å². The van der Waals surface area contributed by atoms with Crippen molar-refractivity contribution < 1.29 is 4.74 Å². The van der Waals surface area contributed by atoms with Crippen LogP contribution in [0.15, 0.2) is 6.07 Å². The van der Waals surface area contributed by atoms with Crippen molar-refractivity contribution in [3.05, 3.63) is 17.6 Å². The zero-order valence-corrected chi connectivity index (χ0v) is 9.29.